The Kier molecular flexibility index (Phi) is 16.4. The summed E-state index contributed by atoms with van der Waals surface area (Å²) in [5.41, 5.74) is 0. The number of hydrogen-bond donors (Lipinski definition) is 1. The zero-order chi connectivity index (χ0) is 14.9. The molecule has 2 nitrogen and oxygen atoms in total. The lowest BCUT2D eigenvalue weighted by Gasteiger charge is -2.09. The summed E-state index contributed by atoms with van der Waals surface area (Å²) in [4.78, 5) is 0. The van der Waals surface area contributed by atoms with Crippen LogP contribution in [0.5, 0.6) is 0 Å². The van der Waals surface area contributed by atoms with Crippen molar-refractivity contribution in [1.29, 1.82) is 0 Å². The van der Waals surface area contributed by atoms with Crippen molar-refractivity contribution < 1.29 is 9.84 Å². The third-order valence-corrected chi connectivity index (χ3v) is 3.54. The van der Waals surface area contributed by atoms with Crippen LogP contribution >= 0.6 is 0 Å². The fourth-order valence-corrected chi connectivity index (χ4v) is 2.11. The minimum absolute atomic E-state index is 0.186. The second kappa shape index (κ2) is 16.7. The van der Waals surface area contributed by atoms with E-state index in [0.717, 1.165) is 38.7 Å². The first kappa shape index (κ1) is 19.7. The predicted octanol–water partition coefficient (Wildman–Crippen LogP) is 5.25. The Morgan fingerprint density at radius 3 is 2.20 bits per heavy atom. The normalized spacial score (nSPS) is 13.2. The van der Waals surface area contributed by atoms with Crippen molar-refractivity contribution in [3.8, 4) is 0 Å². The Balaban J connectivity index is 3.21. The van der Waals surface area contributed by atoms with Crippen LogP contribution in [-0.4, -0.2) is 24.4 Å². The number of ether oxygens (including phenoxy) is 1. The Morgan fingerprint density at radius 1 is 0.800 bits per heavy atom. The Hall–Kier alpha value is -0.340. The van der Waals surface area contributed by atoms with Gasteiger partial charge in [-0.1, -0.05) is 51.7 Å². The van der Waals surface area contributed by atoms with Crippen molar-refractivity contribution >= 4 is 0 Å². The van der Waals surface area contributed by atoms with Crippen LogP contribution in [0.2, 0.25) is 0 Å². The van der Waals surface area contributed by atoms with Crippen molar-refractivity contribution in [3.05, 3.63) is 12.2 Å². The molecule has 0 aliphatic carbocycles. The first-order valence-corrected chi connectivity index (χ1v) is 8.72. The summed E-state index contributed by atoms with van der Waals surface area (Å²) in [6, 6.07) is 0. The summed E-state index contributed by atoms with van der Waals surface area (Å²) in [7, 11) is 0. The summed E-state index contributed by atoms with van der Waals surface area (Å²) in [6.45, 7) is 5.95. The van der Waals surface area contributed by atoms with Crippen LogP contribution in [0.1, 0.15) is 84.5 Å². The molecule has 0 aliphatic heterocycles. The van der Waals surface area contributed by atoms with Crippen LogP contribution in [0.15, 0.2) is 12.2 Å². The largest absolute Gasteiger partial charge is 0.393 e. The van der Waals surface area contributed by atoms with E-state index in [4.69, 9.17) is 4.74 Å². The minimum atomic E-state index is -0.186. The minimum Gasteiger partial charge on any atom is -0.393 e. The lowest BCUT2D eigenvalue weighted by atomic mass is 10.1. The maximum Gasteiger partial charge on any atom is 0.0562 e. The standard InChI is InChI=1S/C18H36O2/c1-3-5-7-8-9-10-11-12-13-14-18(19)15-17-20-16-6-4-2/h10-11,18-19H,3-9,12-17H2,1-2H3/b11-10-/t18-/m1/s1. The quantitative estimate of drug-likeness (QED) is 0.329. The molecule has 0 rings (SSSR count). The molecule has 0 amide bonds. The molecule has 0 radical (unpaired) electrons. The van der Waals surface area contributed by atoms with Gasteiger partial charge in [0.1, 0.15) is 0 Å². The highest BCUT2D eigenvalue weighted by Crippen LogP contribution is 2.07. The number of hydrogen-bond acceptors (Lipinski definition) is 2. The highest BCUT2D eigenvalue weighted by atomic mass is 16.5. The summed E-state index contributed by atoms with van der Waals surface area (Å²) in [5.74, 6) is 0. The van der Waals surface area contributed by atoms with Gasteiger partial charge in [-0.05, 0) is 44.9 Å². The van der Waals surface area contributed by atoms with Crippen molar-refractivity contribution in [2.45, 2.75) is 90.6 Å². The van der Waals surface area contributed by atoms with Crippen molar-refractivity contribution in [3.63, 3.8) is 0 Å². The van der Waals surface area contributed by atoms with E-state index in [1.54, 1.807) is 0 Å². The molecular weight excluding hydrogens is 248 g/mol. The molecule has 0 saturated heterocycles. The second-order valence-corrected chi connectivity index (χ2v) is 5.66. The highest BCUT2D eigenvalue weighted by molar-refractivity contribution is 4.81. The van der Waals surface area contributed by atoms with Gasteiger partial charge in [0.25, 0.3) is 0 Å². The van der Waals surface area contributed by atoms with Crippen molar-refractivity contribution in [2.24, 2.45) is 0 Å². The van der Waals surface area contributed by atoms with E-state index < -0.39 is 0 Å². The average Bonchev–Trinajstić information content (AvgIpc) is 2.45. The molecule has 0 saturated carbocycles. The third-order valence-electron chi connectivity index (χ3n) is 3.54. The Morgan fingerprint density at radius 2 is 1.50 bits per heavy atom. The molecule has 0 fully saturated rings. The second-order valence-electron chi connectivity index (χ2n) is 5.66. The molecular formula is C18H36O2. The molecule has 20 heavy (non-hydrogen) atoms. The van der Waals surface area contributed by atoms with Crippen molar-refractivity contribution in [2.75, 3.05) is 13.2 Å². The van der Waals surface area contributed by atoms with Gasteiger partial charge in [0.05, 0.1) is 6.10 Å². The number of allylic oxidation sites excluding steroid dienone is 2. The van der Waals surface area contributed by atoms with E-state index in [0.29, 0.717) is 6.61 Å². The molecule has 0 spiro atoms. The SMILES string of the molecule is CCCCCC/C=C\CCC[C@@H](O)CCOCCCC. The monoisotopic (exact) mass is 284 g/mol. The van der Waals surface area contributed by atoms with Gasteiger partial charge in [-0.25, -0.2) is 0 Å². The molecule has 0 aromatic heterocycles. The third kappa shape index (κ3) is 15.7. The van der Waals surface area contributed by atoms with E-state index in [1.807, 2.05) is 0 Å². The summed E-state index contributed by atoms with van der Waals surface area (Å²) >= 11 is 0. The highest BCUT2D eigenvalue weighted by Gasteiger charge is 2.02. The molecule has 0 bridgehead atoms. The fraction of sp³-hybridized carbons (Fsp3) is 0.889. The zero-order valence-electron chi connectivity index (χ0n) is 13.8. The van der Waals surface area contributed by atoms with E-state index in [9.17, 15) is 5.11 Å². The van der Waals surface area contributed by atoms with Gasteiger partial charge in [0.15, 0.2) is 0 Å². The molecule has 1 atom stereocenters. The lowest BCUT2D eigenvalue weighted by Crippen LogP contribution is -2.10. The number of unbranched alkanes of at least 4 members (excludes halogenated alkanes) is 6. The van der Waals surface area contributed by atoms with Crippen LogP contribution in [0.3, 0.4) is 0 Å². The van der Waals surface area contributed by atoms with Gasteiger partial charge in [-0.2, -0.15) is 0 Å². The topological polar surface area (TPSA) is 29.5 Å². The fourth-order valence-electron chi connectivity index (χ4n) is 2.11. The van der Waals surface area contributed by atoms with E-state index >= 15 is 0 Å². The number of aliphatic hydroxyl groups excluding tert-OH is 1. The zero-order valence-corrected chi connectivity index (χ0v) is 13.8. The van der Waals surface area contributed by atoms with Gasteiger partial charge in [0, 0.05) is 13.2 Å². The average molecular weight is 284 g/mol. The number of rotatable bonds is 15. The Bertz CT molecular complexity index is 202. The summed E-state index contributed by atoms with van der Waals surface area (Å²) in [5, 5.41) is 9.80. The molecule has 1 N–H and O–H groups in total. The van der Waals surface area contributed by atoms with Gasteiger partial charge in [-0.3, -0.25) is 0 Å². The summed E-state index contributed by atoms with van der Waals surface area (Å²) in [6.07, 6.45) is 17.1. The smallest absolute Gasteiger partial charge is 0.0562 e. The van der Waals surface area contributed by atoms with Crippen LogP contribution < -0.4 is 0 Å². The van der Waals surface area contributed by atoms with Gasteiger partial charge in [0.2, 0.25) is 0 Å². The first-order valence-electron chi connectivity index (χ1n) is 8.72. The maximum absolute atomic E-state index is 9.80. The van der Waals surface area contributed by atoms with E-state index in [-0.39, 0.29) is 6.10 Å². The number of aliphatic hydroxyl groups is 1. The van der Waals surface area contributed by atoms with E-state index in [1.165, 1.54) is 38.5 Å². The molecule has 0 unspecified atom stereocenters. The van der Waals surface area contributed by atoms with Crippen molar-refractivity contribution in [1.82, 2.24) is 0 Å². The van der Waals surface area contributed by atoms with Crippen LogP contribution in [-0.2, 0) is 4.74 Å². The van der Waals surface area contributed by atoms with E-state index in [2.05, 4.69) is 26.0 Å². The lowest BCUT2D eigenvalue weighted by molar-refractivity contribution is 0.0760. The first-order chi connectivity index (χ1) is 9.81. The molecule has 0 aliphatic rings. The van der Waals surface area contributed by atoms with Crippen LogP contribution in [0, 0.1) is 0 Å². The maximum atomic E-state index is 9.80. The van der Waals surface area contributed by atoms with Crippen LogP contribution in [0.25, 0.3) is 0 Å². The van der Waals surface area contributed by atoms with Crippen LogP contribution in [0.4, 0.5) is 0 Å². The predicted molar refractivity (Wildman–Crippen MR) is 88.1 cm³/mol. The Labute approximate surface area is 126 Å². The van der Waals surface area contributed by atoms with Gasteiger partial charge in [-0.15, -0.1) is 0 Å². The summed E-state index contributed by atoms with van der Waals surface area (Å²) < 4.78 is 5.46. The molecule has 0 aromatic carbocycles. The van der Waals surface area contributed by atoms with Gasteiger partial charge < -0.3 is 9.84 Å². The molecule has 0 heterocycles. The van der Waals surface area contributed by atoms with Gasteiger partial charge >= 0.3 is 0 Å². The molecule has 2 heteroatoms. The molecule has 120 valence electrons. The molecule has 0 aromatic rings.